The van der Waals surface area contributed by atoms with Crippen molar-refractivity contribution >= 4 is 5.97 Å². The fourth-order valence-corrected chi connectivity index (χ4v) is 2.20. The quantitative estimate of drug-likeness (QED) is 0.418. The van der Waals surface area contributed by atoms with Crippen molar-refractivity contribution in [2.75, 3.05) is 33.0 Å². The van der Waals surface area contributed by atoms with E-state index in [1.807, 2.05) is 13.8 Å². The number of carbonyl (C=O) groups excluding carboxylic acids is 1. The van der Waals surface area contributed by atoms with E-state index < -0.39 is 5.54 Å². The second-order valence-electron chi connectivity index (χ2n) is 5.80. The molecule has 0 amide bonds. The highest BCUT2D eigenvalue weighted by Crippen LogP contribution is 2.25. The third-order valence-electron chi connectivity index (χ3n) is 3.51. The SMILES string of the molecule is CCCOCCOCCCC(C)(NC1CC1)C(=O)OCC. The van der Waals surface area contributed by atoms with Gasteiger partial charge in [-0.1, -0.05) is 6.92 Å². The van der Waals surface area contributed by atoms with Gasteiger partial charge in [-0.3, -0.25) is 10.1 Å². The number of ether oxygens (including phenoxy) is 3. The van der Waals surface area contributed by atoms with Gasteiger partial charge in [-0.15, -0.1) is 0 Å². The predicted molar refractivity (Wildman–Crippen MR) is 82.4 cm³/mol. The average molecular weight is 301 g/mol. The van der Waals surface area contributed by atoms with E-state index >= 15 is 0 Å². The van der Waals surface area contributed by atoms with Crippen LogP contribution in [0.3, 0.4) is 0 Å². The van der Waals surface area contributed by atoms with E-state index in [0.29, 0.717) is 32.5 Å². The first kappa shape index (κ1) is 18.4. The molecule has 1 fully saturated rings. The topological polar surface area (TPSA) is 56.8 Å². The molecule has 1 N–H and O–H groups in total. The normalized spacial score (nSPS) is 17.5. The number of carbonyl (C=O) groups is 1. The lowest BCUT2D eigenvalue weighted by atomic mass is 9.95. The molecule has 0 heterocycles. The molecule has 0 saturated heterocycles. The Morgan fingerprint density at radius 3 is 2.38 bits per heavy atom. The molecule has 1 unspecified atom stereocenters. The summed E-state index contributed by atoms with van der Waals surface area (Å²) >= 11 is 0. The van der Waals surface area contributed by atoms with Gasteiger partial charge < -0.3 is 14.2 Å². The van der Waals surface area contributed by atoms with E-state index in [1.165, 1.54) is 0 Å². The molecule has 5 nitrogen and oxygen atoms in total. The molecule has 0 aromatic rings. The van der Waals surface area contributed by atoms with E-state index in [0.717, 1.165) is 38.7 Å². The van der Waals surface area contributed by atoms with E-state index in [4.69, 9.17) is 14.2 Å². The zero-order valence-corrected chi connectivity index (χ0v) is 13.8. The lowest BCUT2D eigenvalue weighted by Gasteiger charge is -2.28. The number of rotatable bonds is 13. The molecule has 124 valence electrons. The third-order valence-corrected chi connectivity index (χ3v) is 3.51. The molecule has 0 bridgehead atoms. The molecule has 1 atom stereocenters. The zero-order chi connectivity index (χ0) is 15.6. The van der Waals surface area contributed by atoms with Crippen molar-refractivity contribution in [2.24, 2.45) is 0 Å². The van der Waals surface area contributed by atoms with Crippen LogP contribution in [-0.4, -0.2) is 50.6 Å². The van der Waals surface area contributed by atoms with Crippen LogP contribution in [0.1, 0.15) is 52.9 Å². The highest BCUT2D eigenvalue weighted by molar-refractivity contribution is 5.80. The Morgan fingerprint density at radius 2 is 1.81 bits per heavy atom. The third kappa shape index (κ3) is 7.79. The minimum Gasteiger partial charge on any atom is -0.465 e. The van der Waals surface area contributed by atoms with Crippen molar-refractivity contribution in [3.8, 4) is 0 Å². The van der Waals surface area contributed by atoms with Crippen LogP contribution in [0.5, 0.6) is 0 Å². The van der Waals surface area contributed by atoms with Gasteiger partial charge in [0.05, 0.1) is 19.8 Å². The van der Waals surface area contributed by atoms with Crippen LogP contribution in [0.15, 0.2) is 0 Å². The van der Waals surface area contributed by atoms with Crippen molar-refractivity contribution in [3.63, 3.8) is 0 Å². The van der Waals surface area contributed by atoms with Crippen molar-refractivity contribution < 1.29 is 19.0 Å². The molecular weight excluding hydrogens is 270 g/mol. The maximum absolute atomic E-state index is 12.1. The molecule has 0 radical (unpaired) electrons. The summed E-state index contributed by atoms with van der Waals surface area (Å²) in [5.74, 6) is -0.150. The number of nitrogens with one attached hydrogen (secondary N) is 1. The average Bonchev–Trinajstić information content (AvgIpc) is 3.26. The molecule has 1 aliphatic carbocycles. The fraction of sp³-hybridized carbons (Fsp3) is 0.938. The summed E-state index contributed by atoms with van der Waals surface area (Å²) in [6, 6.07) is 0.475. The van der Waals surface area contributed by atoms with Crippen LogP contribution in [0.4, 0.5) is 0 Å². The summed E-state index contributed by atoms with van der Waals surface area (Å²) in [6.07, 6.45) is 4.91. The zero-order valence-electron chi connectivity index (χ0n) is 13.8. The number of hydrogen-bond donors (Lipinski definition) is 1. The van der Waals surface area contributed by atoms with Gasteiger partial charge >= 0.3 is 5.97 Å². The summed E-state index contributed by atoms with van der Waals surface area (Å²) in [5.41, 5.74) is -0.584. The van der Waals surface area contributed by atoms with Crippen LogP contribution in [0, 0.1) is 0 Å². The van der Waals surface area contributed by atoms with Crippen LogP contribution in [0.25, 0.3) is 0 Å². The maximum Gasteiger partial charge on any atom is 0.326 e. The molecule has 1 rings (SSSR count). The van der Waals surface area contributed by atoms with Crippen LogP contribution in [-0.2, 0) is 19.0 Å². The summed E-state index contributed by atoms with van der Waals surface area (Å²) in [7, 11) is 0. The van der Waals surface area contributed by atoms with Gasteiger partial charge in [0, 0.05) is 19.3 Å². The monoisotopic (exact) mass is 301 g/mol. The Kier molecular flexibility index (Phi) is 8.88. The van der Waals surface area contributed by atoms with Crippen LogP contribution < -0.4 is 5.32 Å². The molecular formula is C16H31NO4. The number of esters is 1. The predicted octanol–water partition coefficient (Wildman–Crippen LogP) is 2.28. The van der Waals surface area contributed by atoms with Crippen molar-refractivity contribution in [1.82, 2.24) is 5.32 Å². The lowest BCUT2D eigenvalue weighted by molar-refractivity contribution is -0.151. The first-order chi connectivity index (χ1) is 10.1. The Bertz CT molecular complexity index is 294. The van der Waals surface area contributed by atoms with E-state index in [1.54, 1.807) is 0 Å². The highest BCUT2D eigenvalue weighted by Gasteiger charge is 2.39. The Hall–Kier alpha value is -0.650. The summed E-state index contributed by atoms with van der Waals surface area (Å²) in [6.45, 7) is 8.99. The van der Waals surface area contributed by atoms with Gasteiger partial charge in [0.1, 0.15) is 5.54 Å². The highest BCUT2D eigenvalue weighted by atomic mass is 16.5. The molecule has 1 aliphatic rings. The van der Waals surface area contributed by atoms with Crippen LogP contribution >= 0.6 is 0 Å². The first-order valence-electron chi connectivity index (χ1n) is 8.22. The van der Waals surface area contributed by atoms with Gasteiger partial charge in [-0.05, 0) is 46.0 Å². The summed E-state index contributed by atoms with van der Waals surface area (Å²) in [5, 5.41) is 3.42. The van der Waals surface area contributed by atoms with E-state index in [2.05, 4.69) is 12.2 Å². The Morgan fingerprint density at radius 1 is 1.14 bits per heavy atom. The van der Waals surface area contributed by atoms with Gasteiger partial charge in [0.25, 0.3) is 0 Å². The van der Waals surface area contributed by atoms with E-state index in [9.17, 15) is 4.79 Å². The molecule has 5 heteroatoms. The molecule has 21 heavy (non-hydrogen) atoms. The second-order valence-corrected chi connectivity index (χ2v) is 5.80. The fourth-order valence-electron chi connectivity index (χ4n) is 2.20. The van der Waals surface area contributed by atoms with Gasteiger partial charge in [-0.2, -0.15) is 0 Å². The molecule has 1 saturated carbocycles. The van der Waals surface area contributed by atoms with Gasteiger partial charge in [0.2, 0.25) is 0 Å². The van der Waals surface area contributed by atoms with Crippen molar-refractivity contribution in [1.29, 1.82) is 0 Å². The standard InChI is InChI=1S/C16H31NO4/c1-4-10-19-12-13-20-11-6-9-16(3,15(18)21-5-2)17-14-7-8-14/h14,17H,4-13H2,1-3H3. The summed E-state index contributed by atoms with van der Waals surface area (Å²) in [4.78, 5) is 12.1. The van der Waals surface area contributed by atoms with Gasteiger partial charge in [-0.25, -0.2) is 0 Å². The Labute approximate surface area is 128 Å². The Balaban J connectivity index is 2.18. The minimum absolute atomic E-state index is 0.150. The molecule has 0 spiro atoms. The maximum atomic E-state index is 12.1. The summed E-state index contributed by atoms with van der Waals surface area (Å²) < 4.78 is 16.1. The second kappa shape index (κ2) is 10.1. The molecule has 0 aromatic heterocycles. The molecule has 0 aromatic carbocycles. The smallest absolute Gasteiger partial charge is 0.326 e. The number of hydrogen-bond acceptors (Lipinski definition) is 5. The largest absolute Gasteiger partial charge is 0.465 e. The van der Waals surface area contributed by atoms with Crippen molar-refractivity contribution in [3.05, 3.63) is 0 Å². The first-order valence-corrected chi connectivity index (χ1v) is 8.22. The van der Waals surface area contributed by atoms with Crippen LogP contribution in [0.2, 0.25) is 0 Å². The van der Waals surface area contributed by atoms with E-state index in [-0.39, 0.29) is 5.97 Å². The molecule has 0 aliphatic heterocycles. The van der Waals surface area contributed by atoms with Crippen molar-refractivity contribution in [2.45, 2.75) is 64.5 Å². The minimum atomic E-state index is -0.584. The lowest BCUT2D eigenvalue weighted by Crippen LogP contribution is -2.51. The van der Waals surface area contributed by atoms with Gasteiger partial charge in [0.15, 0.2) is 0 Å².